The molecule has 8 heteroatoms. The number of nitrogens with one attached hydrogen (secondary N) is 1. The number of hydrogen-bond donors (Lipinski definition) is 4. The van der Waals surface area contributed by atoms with E-state index in [1.54, 1.807) is 0 Å². The van der Waals surface area contributed by atoms with E-state index >= 15 is 0 Å². The molecule has 0 radical (unpaired) electrons. The van der Waals surface area contributed by atoms with Crippen molar-refractivity contribution in [3.05, 3.63) is 12.7 Å². The number of carbonyl (C=O) groups excluding carboxylic acids is 1. The minimum absolute atomic E-state index is 0.132. The standard InChI is InChI=1S/C7H12NO6P/c1-2-6(9)8-4-3-5(7(10)11)15(12,13)14/h2,5H,1,3-4H2,(H,8,9)(H,10,11)(H2,12,13,14). The molecule has 0 fully saturated rings. The molecule has 0 aromatic heterocycles. The zero-order valence-electron chi connectivity index (χ0n) is 7.79. The third-order valence-electron chi connectivity index (χ3n) is 1.59. The summed E-state index contributed by atoms with van der Waals surface area (Å²) in [5, 5.41) is 10.7. The lowest BCUT2D eigenvalue weighted by atomic mass is 10.3. The second kappa shape index (κ2) is 5.65. The van der Waals surface area contributed by atoms with Crippen molar-refractivity contribution in [3.63, 3.8) is 0 Å². The highest BCUT2D eigenvalue weighted by atomic mass is 31.2. The minimum atomic E-state index is -4.68. The number of hydrogen-bond acceptors (Lipinski definition) is 3. The van der Waals surface area contributed by atoms with Crippen LogP contribution in [0.2, 0.25) is 0 Å². The van der Waals surface area contributed by atoms with E-state index in [0.29, 0.717) is 0 Å². The Morgan fingerprint density at radius 3 is 2.33 bits per heavy atom. The molecule has 4 N–H and O–H groups in total. The molecule has 15 heavy (non-hydrogen) atoms. The summed E-state index contributed by atoms with van der Waals surface area (Å²) in [5.74, 6) is -2.11. The van der Waals surface area contributed by atoms with E-state index in [4.69, 9.17) is 14.9 Å². The van der Waals surface area contributed by atoms with Crippen LogP contribution in [0.15, 0.2) is 12.7 Å². The lowest BCUT2D eigenvalue weighted by molar-refractivity contribution is -0.137. The smallest absolute Gasteiger partial charge is 0.339 e. The maximum absolute atomic E-state index is 10.7. The van der Waals surface area contributed by atoms with Gasteiger partial charge >= 0.3 is 13.6 Å². The van der Waals surface area contributed by atoms with Crippen LogP contribution >= 0.6 is 7.60 Å². The predicted octanol–water partition coefficient (Wildman–Crippen LogP) is -0.690. The van der Waals surface area contributed by atoms with Crippen molar-refractivity contribution < 1.29 is 29.0 Å². The van der Waals surface area contributed by atoms with Crippen LogP contribution in [0.1, 0.15) is 6.42 Å². The number of carboxylic acid groups (broad SMARTS) is 1. The summed E-state index contributed by atoms with van der Waals surface area (Å²) in [7, 11) is -4.68. The van der Waals surface area contributed by atoms with Gasteiger partial charge in [-0.05, 0) is 12.5 Å². The molecule has 0 spiro atoms. The Kier molecular flexibility index (Phi) is 5.21. The first-order chi connectivity index (χ1) is 6.79. The Morgan fingerprint density at radius 2 is 2.00 bits per heavy atom. The van der Waals surface area contributed by atoms with E-state index in [0.717, 1.165) is 6.08 Å². The van der Waals surface area contributed by atoms with Crippen molar-refractivity contribution >= 4 is 19.5 Å². The Bertz CT molecular complexity index is 309. The Morgan fingerprint density at radius 1 is 1.47 bits per heavy atom. The van der Waals surface area contributed by atoms with E-state index in [-0.39, 0.29) is 13.0 Å². The molecule has 0 saturated heterocycles. The van der Waals surface area contributed by atoms with Gasteiger partial charge in [0.05, 0.1) is 0 Å². The molecular weight excluding hydrogens is 225 g/mol. The van der Waals surface area contributed by atoms with Crippen molar-refractivity contribution in [2.24, 2.45) is 0 Å². The molecule has 0 saturated carbocycles. The molecule has 0 aliphatic rings. The Hall–Kier alpha value is -1.17. The molecule has 0 aromatic rings. The molecule has 1 atom stereocenters. The highest BCUT2D eigenvalue weighted by Gasteiger charge is 2.34. The third kappa shape index (κ3) is 5.31. The SMILES string of the molecule is C=CC(=O)NCCC(C(=O)O)P(=O)(O)O. The van der Waals surface area contributed by atoms with Crippen molar-refractivity contribution in [2.75, 3.05) is 6.54 Å². The highest BCUT2D eigenvalue weighted by molar-refractivity contribution is 7.53. The van der Waals surface area contributed by atoms with Crippen LogP contribution in [0.25, 0.3) is 0 Å². The summed E-state index contributed by atoms with van der Waals surface area (Å²) in [5.41, 5.74) is -1.79. The molecule has 0 heterocycles. The molecular formula is C7H12NO6P. The Balaban J connectivity index is 4.22. The molecule has 1 amide bonds. The van der Waals surface area contributed by atoms with Crippen LogP contribution in [0.5, 0.6) is 0 Å². The van der Waals surface area contributed by atoms with Crippen LogP contribution in [0, 0.1) is 0 Å². The zero-order valence-corrected chi connectivity index (χ0v) is 8.68. The number of carbonyl (C=O) groups is 2. The van der Waals surface area contributed by atoms with Gasteiger partial charge in [-0.15, -0.1) is 0 Å². The van der Waals surface area contributed by atoms with Crippen molar-refractivity contribution in [1.82, 2.24) is 5.32 Å². The van der Waals surface area contributed by atoms with Gasteiger partial charge < -0.3 is 20.2 Å². The number of amides is 1. The van der Waals surface area contributed by atoms with E-state index in [1.807, 2.05) is 0 Å². The first-order valence-corrected chi connectivity index (χ1v) is 5.65. The van der Waals surface area contributed by atoms with Crippen LogP contribution in [-0.4, -0.2) is 39.0 Å². The lowest BCUT2D eigenvalue weighted by Gasteiger charge is -2.13. The second-order valence-corrected chi connectivity index (χ2v) is 4.53. The minimum Gasteiger partial charge on any atom is -0.481 e. The van der Waals surface area contributed by atoms with Gasteiger partial charge in [-0.1, -0.05) is 6.58 Å². The van der Waals surface area contributed by atoms with Crippen molar-refractivity contribution in [2.45, 2.75) is 12.1 Å². The van der Waals surface area contributed by atoms with Crippen molar-refractivity contribution in [3.8, 4) is 0 Å². The average molecular weight is 237 g/mol. The quantitative estimate of drug-likeness (QED) is 0.358. The topological polar surface area (TPSA) is 124 Å². The van der Waals surface area contributed by atoms with E-state index < -0.39 is 25.1 Å². The van der Waals surface area contributed by atoms with Gasteiger partial charge in [0.15, 0.2) is 5.66 Å². The fraction of sp³-hybridized carbons (Fsp3) is 0.429. The molecule has 0 bridgehead atoms. The number of aliphatic carboxylic acids is 1. The summed E-state index contributed by atoms with van der Waals surface area (Å²) < 4.78 is 10.7. The summed E-state index contributed by atoms with van der Waals surface area (Å²) >= 11 is 0. The molecule has 0 aliphatic heterocycles. The molecule has 0 rings (SSSR count). The highest BCUT2D eigenvalue weighted by Crippen LogP contribution is 2.42. The van der Waals surface area contributed by atoms with E-state index in [1.165, 1.54) is 0 Å². The second-order valence-electron chi connectivity index (χ2n) is 2.73. The third-order valence-corrected chi connectivity index (χ3v) is 2.88. The normalized spacial score (nSPS) is 12.9. The van der Waals surface area contributed by atoms with Crippen molar-refractivity contribution in [1.29, 1.82) is 0 Å². The van der Waals surface area contributed by atoms with Gasteiger partial charge in [0.1, 0.15) is 0 Å². The Labute approximate surface area is 86.0 Å². The summed E-state index contributed by atoms with van der Waals surface area (Å²) in [6.45, 7) is 3.03. The van der Waals surface area contributed by atoms with Gasteiger partial charge in [-0.3, -0.25) is 14.2 Å². The maximum atomic E-state index is 10.7. The fourth-order valence-corrected chi connectivity index (χ4v) is 1.59. The van der Waals surface area contributed by atoms with Crippen LogP contribution in [0.3, 0.4) is 0 Å². The van der Waals surface area contributed by atoms with Gasteiger partial charge in [-0.25, -0.2) is 0 Å². The largest absolute Gasteiger partial charge is 0.481 e. The van der Waals surface area contributed by atoms with Gasteiger partial charge in [0.25, 0.3) is 0 Å². The summed E-state index contributed by atoms with van der Waals surface area (Å²) in [6, 6.07) is 0. The molecule has 7 nitrogen and oxygen atoms in total. The van der Waals surface area contributed by atoms with Gasteiger partial charge in [0.2, 0.25) is 5.91 Å². The first-order valence-electron chi connectivity index (χ1n) is 3.97. The predicted molar refractivity (Wildman–Crippen MR) is 51.3 cm³/mol. The number of carboxylic acids is 1. The molecule has 0 aromatic carbocycles. The first kappa shape index (κ1) is 13.8. The molecule has 1 unspecified atom stereocenters. The molecule has 86 valence electrons. The maximum Gasteiger partial charge on any atom is 0.339 e. The van der Waals surface area contributed by atoms with Crippen LogP contribution in [-0.2, 0) is 14.2 Å². The zero-order chi connectivity index (χ0) is 12.1. The van der Waals surface area contributed by atoms with Crippen LogP contribution < -0.4 is 5.32 Å². The average Bonchev–Trinajstić information content (AvgIpc) is 2.09. The van der Waals surface area contributed by atoms with Gasteiger partial charge in [-0.2, -0.15) is 0 Å². The fourth-order valence-electron chi connectivity index (χ4n) is 0.840. The molecule has 0 aliphatic carbocycles. The van der Waals surface area contributed by atoms with E-state index in [2.05, 4.69) is 11.9 Å². The van der Waals surface area contributed by atoms with Crippen LogP contribution in [0.4, 0.5) is 0 Å². The number of rotatable bonds is 6. The summed E-state index contributed by atoms with van der Waals surface area (Å²) in [6.07, 6.45) is 0.645. The monoisotopic (exact) mass is 237 g/mol. The van der Waals surface area contributed by atoms with Gasteiger partial charge in [0, 0.05) is 6.54 Å². The van der Waals surface area contributed by atoms with E-state index in [9.17, 15) is 14.2 Å². The summed E-state index contributed by atoms with van der Waals surface area (Å²) in [4.78, 5) is 38.4. The lowest BCUT2D eigenvalue weighted by Crippen LogP contribution is -2.29.